The topological polar surface area (TPSA) is 67.0 Å². The van der Waals surface area contributed by atoms with E-state index in [2.05, 4.69) is 28.9 Å². The molecule has 0 saturated heterocycles. The van der Waals surface area contributed by atoms with Gasteiger partial charge in [-0.05, 0) is 75.2 Å². The Bertz CT molecular complexity index is 1150. The van der Waals surface area contributed by atoms with Gasteiger partial charge in [-0.25, -0.2) is 0 Å². The zero-order valence-electron chi connectivity index (χ0n) is 17.7. The van der Waals surface area contributed by atoms with Crippen LogP contribution in [-0.4, -0.2) is 17.1 Å². The molecule has 0 fully saturated rings. The summed E-state index contributed by atoms with van der Waals surface area (Å²) in [6.07, 6.45) is 1.64. The second kappa shape index (κ2) is 9.15. The van der Waals surface area contributed by atoms with E-state index in [-0.39, 0.29) is 5.57 Å². The maximum atomic E-state index is 12.7. The molecule has 1 N–H and O–H groups in total. The fraction of sp³-hybridized carbons (Fsp3) is 0.200. The Balaban J connectivity index is 1.89. The molecule has 0 atom stereocenters. The van der Waals surface area contributed by atoms with Gasteiger partial charge in [0.05, 0.1) is 6.61 Å². The van der Waals surface area contributed by atoms with Gasteiger partial charge in [0, 0.05) is 28.8 Å². The lowest BCUT2D eigenvalue weighted by Crippen LogP contribution is -2.13. The average Bonchev–Trinajstić information content (AvgIpc) is 2.99. The lowest BCUT2D eigenvalue weighted by Gasteiger charge is -2.10. The molecule has 1 amide bonds. The van der Waals surface area contributed by atoms with Crippen LogP contribution < -0.4 is 10.1 Å². The molecule has 0 aliphatic heterocycles. The van der Waals surface area contributed by atoms with Crippen molar-refractivity contribution < 1.29 is 9.53 Å². The molecule has 0 radical (unpaired) electrons. The molecule has 152 valence electrons. The Hall–Kier alpha value is -3.78. The molecule has 1 heterocycles. The number of nitrogens with zero attached hydrogens (tertiary/aromatic N) is 2. The first-order chi connectivity index (χ1) is 14.4. The van der Waals surface area contributed by atoms with Crippen molar-refractivity contribution in [2.75, 3.05) is 11.9 Å². The van der Waals surface area contributed by atoms with E-state index in [1.165, 1.54) is 5.56 Å². The van der Waals surface area contributed by atoms with Crippen LogP contribution in [-0.2, 0) is 4.79 Å². The van der Waals surface area contributed by atoms with E-state index in [1.54, 1.807) is 24.3 Å². The number of nitrogens with one attached hydrogen (secondary N) is 1. The summed E-state index contributed by atoms with van der Waals surface area (Å²) in [5.74, 6) is 0.214. The molecule has 1 aromatic heterocycles. The summed E-state index contributed by atoms with van der Waals surface area (Å²) in [7, 11) is 0. The molecule has 0 spiro atoms. The summed E-state index contributed by atoms with van der Waals surface area (Å²) < 4.78 is 7.58. The van der Waals surface area contributed by atoms with Crippen LogP contribution in [0.3, 0.4) is 0 Å². The van der Waals surface area contributed by atoms with Crippen molar-refractivity contribution in [1.82, 2.24) is 4.57 Å². The number of aryl methyl sites for hydroxylation is 2. The van der Waals surface area contributed by atoms with Crippen molar-refractivity contribution in [2.24, 2.45) is 0 Å². The molecule has 0 aliphatic carbocycles. The van der Waals surface area contributed by atoms with Crippen molar-refractivity contribution in [1.29, 1.82) is 5.26 Å². The van der Waals surface area contributed by atoms with Gasteiger partial charge in [0.25, 0.3) is 5.91 Å². The van der Waals surface area contributed by atoms with Crippen LogP contribution >= 0.6 is 0 Å². The quantitative estimate of drug-likeness (QED) is 0.449. The Labute approximate surface area is 177 Å². The molecule has 0 unspecified atom stereocenters. The summed E-state index contributed by atoms with van der Waals surface area (Å²) in [5, 5.41) is 12.4. The van der Waals surface area contributed by atoms with Gasteiger partial charge in [0.15, 0.2) is 0 Å². The highest BCUT2D eigenvalue weighted by molar-refractivity contribution is 6.09. The maximum Gasteiger partial charge on any atom is 0.266 e. The van der Waals surface area contributed by atoms with E-state index in [0.717, 1.165) is 22.6 Å². The second-order valence-electron chi connectivity index (χ2n) is 7.09. The van der Waals surface area contributed by atoms with Crippen LogP contribution in [0.1, 0.15) is 29.4 Å². The Kier molecular flexibility index (Phi) is 6.38. The number of carbonyl (C=O) groups is 1. The first-order valence-corrected chi connectivity index (χ1v) is 9.85. The third-order valence-electron chi connectivity index (χ3n) is 4.80. The van der Waals surface area contributed by atoms with Crippen LogP contribution in [0.15, 0.2) is 60.2 Å². The number of anilines is 1. The highest BCUT2D eigenvalue weighted by atomic mass is 16.5. The van der Waals surface area contributed by atoms with Crippen molar-refractivity contribution in [3.05, 3.63) is 82.7 Å². The number of aromatic nitrogens is 1. The smallest absolute Gasteiger partial charge is 0.266 e. The van der Waals surface area contributed by atoms with Crippen LogP contribution in [0.5, 0.6) is 5.75 Å². The molecule has 5 heteroatoms. The number of nitriles is 1. The Morgan fingerprint density at radius 1 is 1.13 bits per heavy atom. The molecular weight excluding hydrogens is 374 g/mol. The molecule has 30 heavy (non-hydrogen) atoms. The Morgan fingerprint density at radius 2 is 1.90 bits per heavy atom. The molecule has 5 nitrogen and oxygen atoms in total. The zero-order valence-corrected chi connectivity index (χ0v) is 17.7. The molecule has 0 bridgehead atoms. The summed E-state index contributed by atoms with van der Waals surface area (Å²) >= 11 is 0. The van der Waals surface area contributed by atoms with E-state index in [0.29, 0.717) is 18.0 Å². The van der Waals surface area contributed by atoms with Crippen LogP contribution in [0.25, 0.3) is 11.8 Å². The van der Waals surface area contributed by atoms with Gasteiger partial charge < -0.3 is 14.6 Å². The largest absolute Gasteiger partial charge is 0.494 e. The van der Waals surface area contributed by atoms with Gasteiger partial charge in [0.2, 0.25) is 0 Å². The highest BCUT2D eigenvalue weighted by Crippen LogP contribution is 2.24. The van der Waals surface area contributed by atoms with E-state index in [1.807, 2.05) is 51.1 Å². The monoisotopic (exact) mass is 399 g/mol. The lowest BCUT2D eigenvalue weighted by molar-refractivity contribution is -0.112. The van der Waals surface area contributed by atoms with E-state index in [4.69, 9.17) is 4.74 Å². The average molecular weight is 399 g/mol. The van der Waals surface area contributed by atoms with Gasteiger partial charge in [0.1, 0.15) is 17.4 Å². The van der Waals surface area contributed by atoms with Gasteiger partial charge in [-0.1, -0.05) is 18.2 Å². The predicted octanol–water partition coefficient (Wildman–Crippen LogP) is 5.35. The molecule has 2 aromatic carbocycles. The van der Waals surface area contributed by atoms with E-state index < -0.39 is 5.91 Å². The second-order valence-corrected chi connectivity index (χ2v) is 7.09. The third kappa shape index (κ3) is 4.61. The van der Waals surface area contributed by atoms with Crippen molar-refractivity contribution in [2.45, 2.75) is 27.7 Å². The van der Waals surface area contributed by atoms with Crippen LogP contribution in [0.2, 0.25) is 0 Å². The fourth-order valence-corrected chi connectivity index (χ4v) is 3.43. The number of ether oxygens (including phenoxy) is 1. The minimum atomic E-state index is -0.452. The highest BCUT2D eigenvalue weighted by Gasteiger charge is 2.14. The van der Waals surface area contributed by atoms with Gasteiger partial charge in [-0.2, -0.15) is 5.26 Å². The van der Waals surface area contributed by atoms with Crippen molar-refractivity contribution in [3.8, 4) is 17.5 Å². The van der Waals surface area contributed by atoms with Gasteiger partial charge >= 0.3 is 0 Å². The SMILES string of the molecule is CCOc1cccc(NC(=O)/C(C#N)=C\c2cc(C)n(-c3cccc(C)c3)c2C)c1. The van der Waals surface area contributed by atoms with Gasteiger partial charge in [-0.15, -0.1) is 0 Å². The maximum absolute atomic E-state index is 12.7. The molecule has 3 rings (SSSR count). The molecule has 3 aromatic rings. The molecule has 0 aliphatic rings. The standard InChI is InChI=1S/C25H25N3O2/c1-5-30-24-11-7-9-22(15-24)27-25(29)21(16-26)14-20-13-18(3)28(19(20)4)23-10-6-8-17(2)12-23/h6-15H,5H2,1-4H3,(H,27,29)/b21-14-. The minimum Gasteiger partial charge on any atom is -0.494 e. The number of benzene rings is 2. The van der Waals surface area contributed by atoms with Gasteiger partial charge in [-0.3, -0.25) is 4.79 Å². The summed E-state index contributed by atoms with van der Waals surface area (Å²) in [4.78, 5) is 12.7. The lowest BCUT2D eigenvalue weighted by atomic mass is 10.1. The fourth-order valence-electron chi connectivity index (χ4n) is 3.43. The summed E-state index contributed by atoms with van der Waals surface area (Å²) in [6.45, 7) is 8.49. The normalized spacial score (nSPS) is 11.1. The Morgan fingerprint density at radius 3 is 2.60 bits per heavy atom. The van der Waals surface area contributed by atoms with E-state index in [9.17, 15) is 10.1 Å². The summed E-state index contributed by atoms with van der Waals surface area (Å²) in [6, 6.07) is 19.3. The number of rotatable bonds is 6. The number of hydrogen-bond donors (Lipinski definition) is 1. The van der Waals surface area contributed by atoms with Crippen LogP contribution in [0.4, 0.5) is 5.69 Å². The first kappa shape index (κ1) is 20.9. The first-order valence-electron chi connectivity index (χ1n) is 9.85. The minimum absolute atomic E-state index is 0.0429. The molecule has 0 saturated carbocycles. The number of carbonyl (C=O) groups excluding carboxylic acids is 1. The van der Waals surface area contributed by atoms with E-state index >= 15 is 0 Å². The van der Waals surface area contributed by atoms with Crippen molar-refractivity contribution in [3.63, 3.8) is 0 Å². The molecular formula is C25H25N3O2. The summed E-state index contributed by atoms with van der Waals surface area (Å²) in [5.41, 5.74) is 5.69. The van der Waals surface area contributed by atoms with Crippen molar-refractivity contribution >= 4 is 17.7 Å². The number of hydrogen-bond acceptors (Lipinski definition) is 3. The zero-order chi connectivity index (χ0) is 21.7. The number of amides is 1. The van der Waals surface area contributed by atoms with Crippen LogP contribution in [0, 0.1) is 32.1 Å². The third-order valence-corrected chi connectivity index (χ3v) is 4.80. The predicted molar refractivity (Wildman–Crippen MR) is 120 cm³/mol.